The molecule has 4 rings (SSSR count). The second-order valence-corrected chi connectivity index (χ2v) is 7.61. The number of piperazine rings is 1. The van der Waals surface area contributed by atoms with Gasteiger partial charge in [0.15, 0.2) is 12.6 Å². The van der Waals surface area contributed by atoms with Gasteiger partial charge in [-0.2, -0.15) is 0 Å². The molecule has 2 aromatic carbocycles. The van der Waals surface area contributed by atoms with E-state index in [4.69, 9.17) is 16.3 Å². The number of halogens is 1. The summed E-state index contributed by atoms with van der Waals surface area (Å²) in [5.74, 6) is 0.773. The smallest absolute Gasteiger partial charge is 0.279 e. The second kappa shape index (κ2) is 8.20. The first-order chi connectivity index (χ1) is 13.6. The number of anilines is 1. The molecular formula is C21H23ClN3O3+. The molecule has 6 nitrogen and oxygen atoms in total. The van der Waals surface area contributed by atoms with Gasteiger partial charge in [-0.15, -0.1) is 0 Å². The van der Waals surface area contributed by atoms with Crippen molar-refractivity contribution in [1.82, 2.24) is 4.90 Å². The number of carbonyl (C=O) groups is 2. The van der Waals surface area contributed by atoms with Gasteiger partial charge in [0.1, 0.15) is 5.75 Å². The predicted molar refractivity (Wildman–Crippen MR) is 107 cm³/mol. The molecule has 2 aliphatic rings. The molecular weight excluding hydrogens is 378 g/mol. The highest BCUT2D eigenvalue weighted by Crippen LogP contribution is 2.28. The standard InChI is InChI=1S/C21H22ClN3O3/c22-16-6-2-3-7-17(16)23-20(26)14-24-9-11-25(12-10-24)21(27)19-13-15-5-1-4-8-18(15)28-19/h1-8,19H,9-14H2,(H,23,26)/p+1/t19-/m0/s1. The molecule has 2 N–H and O–H groups in total. The number of quaternary nitrogens is 1. The lowest BCUT2D eigenvalue weighted by molar-refractivity contribution is -0.895. The van der Waals surface area contributed by atoms with Gasteiger partial charge in [-0.25, -0.2) is 0 Å². The second-order valence-electron chi connectivity index (χ2n) is 7.20. The van der Waals surface area contributed by atoms with Gasteiger partial charge in [-0.3, -0.25) is 9.59 Å². The molecule has 7 heteroatoms. The Hall–Kier alpha value is -2.57. The zero-order chi connectivity index (χ0) is 19.5. The SMILES string of the molecule is O=C(C[NH+]1CCN(C(=O)[C@@H]2Cc3ccccc3O2)CC1)Nc1ccccc1Cl. The van der Waals surface area contributed by atoms with Gasteiger partial charge in [-0.1, -0.05) is 41.9 Å². The van der Waals surface area contributed by atoms with E-state index in [0.29, 0.717) is 36.8 Å². The van der Waals surface area contributed by atoms with Crippen LogP contribution in [0.2, 0.25) is 5.02 Å². The highest BCUT2D eigenvalue weighted by Gasteiger charge is 2.34. The topological polar surface area (TPSA) is 63.1 Å². The molecule has 1 fully saturated rings. The molecule has 1 atom stereocenters. The number of nitrogens with zero attached hydrogens (tertiary/aromatic N) is 1. The van der Waals surface area contributed by atoms with Crippen molar-refractivity contribution < 1.29 is 19.2 Å². The fourth-order valence-electron chi connectivity index (χ4n) is 3.73. The fraction of sp³-hybridized carbons (Fsp3) is 0.333. The van der Waals surface area contributed by atoms with Crippen molar-refractivity contribution in [3.8, 4) is 5.75 Å². The first-order valence-corrected chi connectivity index (χ1v) is 9.89. The van der Waals surface area contributed by atoms with Gasteiger partial charge in [0, 0.05) is 6.42 Å². The van der Waals surface area contributed by atoms with Gasteiger partial charge in [0.25, 0.3) is 11.8 Å². The summed E-state index contributed by atoms with van der Waals surface area (Å²) in [6.07, 6.45) is 0.199. The van der Waals surface area contributed by atoms with Crippen LogP contribution in [0.15, 0.2) is 48.5 Å². The van der Waals surface area contributed by atoms with Crippen LogP contribution in [0.5, 0.6) is 5.75 Å². The Morgan fingerprint density at radius 1 is 1.11 bits per heavy atom. The van der Waals surface area contributed by atoms with Gasteiger partial charge >= 0.3 is 0 Å². The molecule has 1 saturated heterocycles. The number of amides is 2. The zero-order valence-corrected chi connectivity index (χ0v) is 16.2. The lowest BCUT2D eigenvalue weighted by Crippen LogP contribution is -3.15. The molecule has 0 aliphatic carbocycles. The van der Waals surface area contributed by atoms with Crippen LogP contribution in [0.25, 0.3) is 0 Å². The Balaban J connectivity index is 1.25. The number of nitrogens with one attached hydrogen (secondary N) is 2. The quantitative estimate of drug-likeness (QED) is 0.805. The van der Waals surface area contributed by atoms with E-state index in [-0.39, 0.29) is 11.8 Å². The fourth-order valence-corrected chi connectivity index (χ4v) is 3.91. The molecule has 0 unspecified atom stereocenters. The number of para-hydroxylation sites is 2. The van der Waals surface area contributed by atoms with E-state index in [0.717, 1.165) is 29.3 Å². The minimum Gasteiger partial charge on any atom is -0.480 e. The largest absolute Gasteiger partial charge is 0.480 e. The summed E-state index contributed by atoms with van der Waals surface area (Å²) >= 11 is 6.08. The molecule has 2 amide bonds. The highest BCUT2D eigenvalue weighted by molar-refractivity contribution is 6.33. The molecule has 2 aliphatic heterocycles. The van der Waals surface area contributed by atoms with E-state index in [2.05, 4.69) is 5.32 Å². The molecule has 0 saturated carbocycles. The lowest BCUT2D eigenvalue weighted by Gasteiger charge is -2.33. The Bertz CT molecular complexity index is 856. The Kier molecular flexibility index (Phi) is 5.50. The number of rotatable bonds is 4. The van der Waals surface area contributed by atoms with E-state index in [9.17, 15) is 9.59 Å². The van der Waals surface area contributed by atoms with E-state index in [1.54, 1.807) is 12.1 Å². The number of carbonyl (C=O) groups excluding carboxylic acids is 2. The number of benzene rings is 2. The van der Waals surface area contributed by atoms with Crippen molar-refractivity contribution in [2.45, 2.75) is 12.5 Å². The Morgan fingerprint density at radius 3 is 2.57 bits per heavy atom. The zero-order valence-electron chi connectivity index (χ0n) is 15.5. The lowest BCUT2D eigenvalue weighted by atomic mass is 10.1. The van der Waals surface area contributed by atoms with Crippen LogP contribution in [0.3, 0.4) is 0 Å². The van der Waals surface area contributed by atoms with Gasteiger partial charge in [0.05, 0.1) is 36.9 Å². The summed E-state index contributed by atoms with van der Waals surface area (Å²) in [5, 5.41) is 3.38. The minimum atomic E-state index is -0.428. The highest BCUT2D eigenvalue weighted by atomic mass is 35.5. The van der Waals surface area contributed by atoms with Crippen LogP contribution in [0.1, 0.15) is 5.56 Å². The van der Waals surface area contributed by atoms with E-state index >= 15 is 0 Å². The number of ether oxygens (including phenoxy) is 1. The molecule has 28 heavy (non-hydrogen) atoms. The van der Waals surface area contributed by atoms with E-state index in [1.165, 1.54) is 0 Å². The molecule has 2 heterocycles. The Labute approximate surface area is 169 Å². The van der Waals surface area contributed by atoms with Crippen molar-refractivity contribution in [3.05, 3.63) is 59.1 Å². The molecule has 146 valence electrons. The molecule has 0 radical (unpaired) electrons. The predicted octanol–water partition coefficient (Wildman–Crippen LogP) is 1.01. The van der Waals surface area contributed by atoms with Crippen molar-refractivity contribution in [3.63, 3.8) is 0 Å². The van der Waals surface area contributed by atoms with Gasteiger partial charge in [0.2, 0.25) is 0 Å². The summed E-state index contributed by atoms with van der Waals surface area (Å²) < 4.78 is 5.82. The van der Waals surface area contributed by atoms with Crippen molar-refractivity contribution in [2.24, 2.45) is 0 Å². The maximum atomic E-state index is 12.8. The summed E-state index contributed by atoms with van der Waals surface area (Å²) in [5.41, 5.74) is 1.71. The summed E-state index contributed by atoms with van der Waals surface area (Å²) in [6, 6.07) is 15.0. The van der Waals surface area contributed by atoms with Gasteiger partial charge in [-0.05, 0) is 23.8 Å². The van der Waals surface area contributed by atoms with Crippen LogP contribution in [0, 0.1) is 0 Å². The first kappa shape index (κ1) is 18.8. The van der Waals surface area contributed by atoms with Crippen LogP contribution in [-0.4, -0.2) is 55.5 Å². The van der Waals surface area contributed by atoms with Gasteiger partial charge < -0.3 is 19.9 Å². The van der Waals surface area contributed by atoms with Crippen molar-refractivity contribution in [1.29, 1.82) is 0 Å². The van der Waals surface area contributed by atoms with Crippen LogP contribution < -0.4 is 15.0 Å². The number of hydrogen-bond donors (Lipinski definition) is 2. The molecule has 0 bridgehead atoms. The van der Waals surface area contributed by atoms with Crippen LogP contribution in [-0.2, 0) is 16.0 Å². The van der Waals surface area contributed by atoms with E-state index < -0.39 is 6.10 Å². The summed E-state index contributed by atoms with van der Waals surface area (Å²) in [6.45, 7) is 3.09. The van der Waals surface area contributed by atoms with Crippen molar-refractivity contribution in [2.75, 3.05) is 38.0 Å². The first-order valence-electron chi connectivity index (χ1n) is 9.51. The molecule has 0 aromatic heterocycles. The average molecular weight is 401 g/mol. The van der Waals surface area contributed by atoms with Crippen LogP contribution in [0.4, 0.5) is 5.69 Å². The molecule has 2 aromatic rings. The third-order valence-electron chi connectivity index (χ3n) is 5.26. The van der Waals surface area contributed by atoms with E-state index in [1.807, 2.05) is 41.3 Å². The Morgan fingerprint density at radius 2 is 1.82 bits per heavy atom. The average Bonchev–Trinajstić information content (AvgIpc) is 3.14. The third-order valence-corrected chi connectivity index (χ3v) is 5.59. The third kappa shape index (κ3) is 4.13. The minimum absolute atomic E-state index is 0.0377. The van der Waals surface area contributed by atoms with Crippen molar-refractivity contribution >= 4 is 29.1 Å². The number of fused-ring (bicyclic) bond motifs is 1. The van der Waals surface area contributed by atoms with Crippen LogP contribution >= 0.6 is 11.6 Å². The summed E-state index contributed by atoms with van der Waals surface area (Å²) in [4.78, 5) is 28.1. The maximum Gasteiger partial charge on any atom is 0.279 e. The number of hydrogen-bond acceptors (Lipinski definition) is 3. The summed E-state index contributed by atoms with van der Waals surface area (Å²) in [7, 11) is 0. The monoisotopic (exact) mass is 400 g/mol. The maximum absolute atomic E-state index is 12.8. The molecule has 0 spiro atoms. The normalized spacial score (nSPS) is 19.0.